The van der Waals surface area contributed by atoms with Crippen LogP contribution >= 0.6 is 0 Å². The van der Waals surface area contributed by atoms with E-state index in [4.69, 9.17) is 10.7 Å². The Bertz CT molecular complexity index is 542. The van der Waals surface area contributed by atoms with Crippen molar-refractivity contribution < 1.29 is 0 Å². The molecule has 0 aliphatic heterocycles. The molecule has 0 spiro atoms. The molecule has 0 bridgehead atoms. The van der Waals surface area contributed by atoms with Crippen molar-refractivity contribution in [2.24, 2.45) is 11.7 Å². The summed E-state index contributed by atoms with van der Waals surface area (Å²) in [5.41, 5.74) is 8.62. The summed E-state index contributed by atoms with van der Waals surface area (Å²) in [4.78, 5) is 4.77. The highest BCUT2D eigenvalue weighted by atomic mass is 15.1. The Balaban J connectivity index is 2.52. The minimum Gasteiger partial charge on any atom is -0.324 e. The Morgan fingerprint density at radius 3 is 2.53 bits per heavy atom. The number of hydrogen-bond donors (Lipinski definition) is 1. The van der Waals surface area contributed by atoms with Gasteiger partial charge in [-0.1, -0.05) is 32.9 Å². The van der Waals surface area contributed by atoms with Crippen LogP contribution in [0, 0.1) is 5.92 Å². The Labute approximate surface area is 115 Å². The van der Waals surface area contributed by atoms with Crippen molar-refractivity contribution in [3.63, 3.8) is 0 Å². The van der Waals surface area contributed by atoms with E-state index in [1.54, 1.807) is 0 Å². The van der Waals surface area contributed by atoms with Crippen LogP contribution in [0.5, 0.6) is 0 Å². The van der Waals surface area contributed by atoms with Crippen LogP contribution in [0.4, 0.5) is 0 Å². The molecule has 2 N–H and O–H groups in total. The van der Waals surface area contributed by atoms with E-state index in [2.05, 4.69) is 50.5 Å². The zero-order chi connectivity index (χ0) is 14.0. The van der Waals surface area contributed by atoms with Gasteiger partial charge in [0.05, 0.1) is 17.1 Å². The molecule has 0 radical (unpaired) electrons. The summed E-state index contributed by atoms with van der Waals surface area (Å²) in [6.07, 6.45) is 2.06. The lowest BCUT2D eigenvalue weighted by atomic mass is 10.0. The molecule has 0 saturated heterocycles. The van der Waals surface area contributed by atoms with Crippen LogP contribution in [-0.2, 0) is 0 Å². The minimum absolute atomic E-state index is 0.0152. The molecule has 0 aliphatic rings. The fourth-order valence-electron chi connectivity index (χ4n) is 2.58. The summed E-state index contributed by atoms with van der Waals surface area (Å²) in [5, 5.41) is 0. The van der Waals surface area contributed by atoms with Crippen LogP contribution in [0.25, 0.3) is 11.0 Å². The minimum atomic E-state index is 0.0152. The molecule has 3 nitrogen and oxygen atoms in total. The second-order valence-electron chi connectivity index (χ2n) is 5.82. The number of benzene rings is 1. The zero-order valence-corrected chi connectivity index (χ0v) is 12.4. The molecule has 3 heteroatoms. The third-order valence-electron chi connectivity index (χ3n) is 3.71. The molecule has 2 rings (SSSR count). The molecule has 0 aliphatic carbocycles. The Hall–Kier alpha value is -1.35. The number of aromatic nitrogens is 2. The Kier molecular flexibility index (Phi) is 4.25. The summed E-state index contributed by atoms with van der Waals surface area (Å²) in [5.74, 6) is 1.62. The van der Waals surface area contributed by atoms with Gasteiger partial charge in [0.1, 0.15) is 5.82 Å². The van der Waals surface area contributed by atoms with E-state index in [0.717, 1.165) is 24.2 Å². The smallest absolute Gasteiger partial charge is 0.127 e. The van der Waals surface area contributed by atoms with Gasteiger partial charge >= 0.3 is 0 Å². The first-order chi connectivity index (χ1) is 9.04. The molecule has 0 unspecified atom stereocenters. The monoisotopic (exact) mass is 259 g/mol. The maximum absolute atomic E-state index is 6.37. The number of nitrogens with two attached hydrogens (primary N) is 1. The summed E-state index contributed by atoms with van der Waals surface area (Å²) in [6.45, 7) is 8.85. The fourth-order valence-corrected chi connectivity index (χ4v) is 2.58. The second-order valence-corrected chi connectivity index (χ2v) is 5.82. The van der Waals surface area contributed by atoms with Gasteiger partial charge in [0.25, 0.3) is 0 Å². The maximum Gasteiger partial charge on any atom is 0.127 e. The summed E-state index contributed by atoms with van der Waals surface area (Å²) in [6, 6.07) is 8.76. The molecular weight excluding hydrogens is 234 g/mol. The van der Waals surface area contributed by atoms with Crippen LogP contribution < -0.4 is 5.73 Å². The summed E-state index contributed by atoms with van der Waals surface area (Å²) < 4.78 is 2.32. The molecule has 0 fully saturated rings. The van der Waals surface area contributed by atoms with Gasteiger partial charge < -0.3 is 10.3 Å². The molecule has 0 amide bonds. The van der Waals surface area contributed by atoms with Crippen molar-refractivity contribution in [2.45, 2.75) is 52.6 Å². The molecule has 104 valence electrons. The highest BCUT2D eigenvalue weighted by molar-refractivity contribution is 5.76. The van der Waals surface area contributed by atoms with Crippen molar-refractivity contribution in [1.82, 2.24) is 9.55 Å². The zero-order valence-electron chi connectivity index (χ0n) is 12.4. The summed E-state index contributed by atoms with van der Waals surface area (Å²) >= 11 is 0. The number of imidazole rings is 1. The Morgan fingerprint density at radius 1 is 1.21 bits per heavy atom. The van der Waals surface area contributed by atoms with Gasteiger partial charge in [-0.2, -0.15) is 0 Å². The third kappa shape index (κ3) is 2.81. The normalized spacial score (nSPS) is 15.1. The summed E-state index contributed by atoms with van der Waals surface area (Å²) in [7, 11) is 0. The predicted molar refractivity (Wildman–Crippen MR) is 81.1 cm³/mol. The van der Waals surface area contributed by atoms with E-state index < -0.39 is 0 Å². The SMILES string of the molecule is CC[C@H](C)n1c([C@H](N)CC(C)C)nc2ccccc21. The average Bonchev–Trinajstić information content (AvgIpc) is 2.76. The van der Waals surface area contributed by atoms with E-state index in [1.807, 2.05) is 6.07 Å². The van der Waals surface area contributed by atoms with E-state index in [-0.39, 0.29) is 6.04 Å². The first-order valence-electron chi connectivity index (χ1n) is 7.27. The van der Waals surface area contributed by atoms with Crippen LogP contribution in [0.1, 0.15) is 58.4 Å². The van der Waals surface area contributed by atoms with Gasteiger partial charge in [-0.15, -0.1) is 0 Å². The fraction of sp³-hybridized carbons (Fsp3) is 0.562. The van der Waals surface area contributed by atoms with Crippen LogP contribution in [0.15, 0.2) is 24.3 Å². The Morgan fingerprint density at radius 2 is 1.89 bits per heavy atom. The van der Waals surface area contributed by atoms with Crippen LogP contribution in [-0.4, -0.2) is 9.55 Å². The van der Waals surface area contributed by atoms with E-state index in [1.165, 1.54) is 5.52 Å². The number of nitrogens with zero attached hydrogens (tertiary/aromatic N) is 2. The lowest BCUT2D eigenvalue weighted by Crippen LogP contribution is -2.20. The molecule has 1 aromatic heterocycles. The number of rotatable bonds is 5. The van der Waals surface area contributed by atoms with Crippen molar-refractivity contribution in [3.05, 3.63) is 30.1 Å². The van der Waals surface area contributed by atoms with Crippen molar-refractivity contribution in [3.8, 4) is 0 Å². The standard InChI is InChI=1S/C16H25N3/c1-5-12(4)19-15-9-7-6-8-14(15)18-16(19)13(17)10-11(2)3/h6-9,11-13H,5,10,17H2,1-4H3/t12-,13+/m0/s1. The first-order valence-corrected chi connectivity index (χ1v) is 7.27. The quantitative estimate of drug-likeness (QED) is 0.880. The van der Waals surface area contributed by atoms with Gasteiger partial charge in [0, 0.05) is 6.04 Å². The predicted octanol–water partition coefficient (Wildman–Crippen LogP) is 4.05. The lowest BCUT2D eigenvalue weighted by molar-refractivity contribution is 0.448. The molecule has 2 aromatic rings. The van der Waals surface area contributed by atoms with E-state index in [9.17, 15) is 0 Å². The maximum atomic E-state index is 6.37. The van der Waals surface area contributed by atoms with Gasteiger partial charge in [-0.3, -0.25) is 0 Å². The molecule has 1 aromatic carbocycles. The third-order valence-corrected chi connectivity index (χ3v) is 3.71. The second kappa shape index (κ2) is 5.74. The number of para-hydroxylation sites is 2. The number of hydrogen-bond acceptors (Lipinski definition) is 2. The molecular formula is C16H25N3. The first kappa shape index (κ1) is 14.1. The molecule has 19 heavy (non-hydrogen) atoms. The molecule has 0 saturated carbocycles. The van der Waals surface area contributed by atoms with Crippen molar-refractivity contribution in [2.75, 3.05) is 0 Å². The highest BCUT2D eigenvalue weighted by Crippen LogP contribution is 2.28. The largest absolute Gasteiger partial charge is 0.324 e. The van der Waals surface area contributed by atoms with Crippen molar-refractivity contribution >= 4 is 11.0 Å². The number of fused-ring (bicyclic) bond motifs is 1. The van der Waals surface area contributed by atoms with Gasteiger partial charge in [-0.25, -0.2) is 4.98 Å². The van der Waals surface area contributed by atoms with E-state index in [0.29, 0.717) is 12.0 Å². The van der Waals surface area contributed by atoms with Gasteiger partial charge in [0.2, 0.25) is 0 Å². The van der Waals surface area contributed by atoms with Gasteiger partial charge in [-0.05, 0) is 37.8 Å². The highest BCUT2D eigenvalue weighted by Gasteiger charge is 2.20. The molecule has 1 heterocycles. The van der Waals surface area contributed by atoms with Gasteiger partial charge in [0.15, 0.2) is 0 Å². The van der Waals surface area contributed by atoms with Crippen molar-refractivity contribution in [1.29, 1.82) is 0 Å². The van der Waals surface area contributed by atoms with Crippen LogP contribution in [0.3, 0.4) is 0 Å². The lowest BCUT2D eigenvalue weighted by Gasteiger charge is -2.20. The average molecular weight is 259 g/mol. The van der Waals surface area contributed by atoms with Crippen LogP contribution in [0.2, 0.25) is 0 Å². The topological polar surface area (TPSA) is 43.8 Å². The van der Waals surface area contributed by atoms with E-state index >= 15 is 0 Å². The molecule has 2 atom stereocenters.